The Bertz CT molecular complexity index is 685. The highest BCUT2D eigenvalue weighted by molar-refractivity contribution is 5.85. The normalized spacial score (nSPS) is 16.4. The molecule has 27 heavy (non-hydrogen) atoms. The number of hydrogen-bond donors (Lipinski definition) is 2. The predicted molar refractivity (Wildman–Crippen MR) is 113 cm³/mol. The maximum absolute atomic E-state index is 12.2. The van der Waals surface area contributed by atoms with E-state index < -0.39 is 11.6 Å². The van der Waals surface area contributed by atoms with Gasteiger partial charge >= 0.3 is 5.97 Å². The van der Waals surface area contributed by atoms with E-state index in [9.17, 15) is 15.0 Å². The molecule has 1 aliphatic rings. The number of carbonyl (C=O) groups is 1. The largest absolute Gasteiger partial charge is 0.479 e. The predicted octanol–water partition coefficient (Wildman–Crippen LogP) is 4.37. The monoisotopic (exact) mass is 393 g/mol. The van der Waals surface area contributed by atoms with E-state index in [-0.39, 0.29) is 18.3 Å². The van der Waals surface area contributed by atoms with Crippen LogP contribution in [0.3, 0.4) is 0 Å². The summed E-state index contributed by atoms with van der Waals surface area (Å²) in [5, 5.41) is 21.3. The molecule has 0 heterocycles. The molecular formula is C22H32ClNO3. The van der Waals surface area contributed by atoms with Crippen molar-refractivity contribution >= 4 is 24.1 Å². The van der Waals surface area contributed by atoms with Gasteiger partial charge in [-0.05, 0) is 56.9 Å². The molecule has 150 valence electrons. The van der Waals surface area contributed by atoms with Crippen molar-refractivity contribution in [3.8, 4) is 11.8 Å². The van der Waals surface area contributed by atoms with Crippen molar-refractivity contribution in [2.75, 3.05) is 18.0 Å². The minimum atomic E-state index is -1.84. The average molecular weight is 394 g/mol. The van der Waals surface area contributed by atoms with E-state index in [2.05, 4.69) is 30.6 Å². The number of carboxylic acid groups (broad SMARTS) is 1. The molecule has 1 fully saturated rings. The first kappa shape index (κ1) is 23.3. The van der Waals surface area contributed by atoms with Crippen LogP contribution in [-0.4, -0.2) is 29.3 Å². The van der Waals surface area contributed by atoms with Gasteiger partial charge < -0.3 is 15.1 Å². The van der Waals surface area contributed by atoms with Crippen molar-refractivity contribution in [3.63, 3.8) is 0 Å². The third-order valence-electron chi connectivity index (χ3n) is 5.61. The van der Waals surface area contributed by atoms with Crippen molar-refractivity contribution < 1.29 is 15.0 Å². The summed E-state index contributed by atoms with van der Waals surface area (Å²) >= 11 is 0. The second-order valence-electron chi connectivity index (χ2n) is 7.02. The summed E-state index contributed by atoms with van der Waals surface area (Å²) in [6.07, 6.45) is 5.01. The molecule has 0 spiro atoms. The van der Waals surface area contributed by atoms with Crippen LogP contribution in [0.1, 0.15) is 64.0 Å². The fourth-order valence-electron chi connectivity index (χ4n) is 4.10. The van der Waals surface area contributed by atoms with Crippen LogP contribution in [0.25, 0.3) is 0 Å². The summed E-state index contributed by atoms with van der Waals surface area (Å²) < 4.78 is 0. The highest BCUT2D eigenvalue weighted by Crippen LogP contribution is 2.41. The van der Waals surface area contributed by atoms with Gasteiger partial charge in [-0.25, -0.2) is 4.79 Å². The quantitative estimate of drug-likeness (QED) is 0.675. The Balaban J connectivity index is 0.00000364. The summed E-state index contributed by atoms with van der Waals surface area (Å²) in [5.74, 6) is 4.54. The molecule has 2 N–H and O–H groups in total. The maximum Gasteiger partial charge on any atom is 0.340 e. The molecule has 1 aliphatic carbocycles. The topological polar surface area (TPSA) is 60.8 Å². The van der Waals surface area contributed by atoms with Crippen LogP contribution in [0.5, 0.6) is 0 Å². The number of benzene rings is 1. The van der Waals surface area contributed by atoms with Gasteiger partial charge in [0.05, 0.1) is 0 Å². The molecule has 1 aromatic carbocycles. The molecule has 1 aromatic rings. The van der Waals surface area contributed by atoms with E-state index >= 15 is 0 Å². The first-order valence-corrected chi connectivity index (χ1v) is 9.72. The van der Waals surface area contributed by atoms with Crippen LogP contribution >= 0.6 is 12.4 Å². The lowest BCUT2D eigenvalue weighted by molar-refractivity contribution is -0.168. The molecule has 1 atom stereocenters. The first-order valence-electron chi connectivity index (χ1n) is 9.72. The number of hydrogen-bond acceptors (Lipinski definition) is 3. The number of anilines is 1. The van der Waals surface area contributed by atoms with Gasteiger partial charge in [0.25, 0.3) is 0 Å². The Hall–Kier alpha value is -1.70. The lowest BCUT2D eigenvalue weighted by atomic mass is 9.72. The molecule has 0 saturated heterocycles. The SMILES string of the molecule is CC#CCc1cc(N(CC)CC)ccc1C(O)(C(=O)O)C1CCCCC1.Cl. The lowest BCUT2D eigenvalue weighted by Gasteiger charge is -2.37. The van der Waals surface area contributed by atoms with Crippen LogP contribution in [-0.2, 0) is 16.8 Å². The zero-order chi connectivity index (χ0) is 19.2. The molecule has 2 rings (SSSR count). The van der Waals surface area contributed by atoms with Crippen LogP contribution in [0.15, 0.2) is 18.2 Å². The van der Waals surface area contributed by atoms with Gasteiger partial charge in [0.2, 0.25) is 0 Å². The third kappa shape index (κ3) is 4.97. The van der Waals surface area contributed by atoms with E-state index in [4.69, 9.17) is 0 Å². The van der Waals surface area contributed by atoms with Gasteiger partial charge in [-0.2, -0.15) is 0 Å². The molecular weight excluding hydrogens is 362 g/mol. The summed E-state index contributed by atoms with van der Waals surface area (Å²) in [5.41, 5.74) is 0.533. The minimum Gasteiger partial charge on any atom is -0.479 e. The van der Waals surface area contributed by atoms with E-state index in [1.807, 2.05) is 18.2 Å². The Morgan fingerprint density at radius 2 is 1.85 bits per heavy atom. The summed E-state index contributed by atoms with van der Waals surface area (Å²) in [6.45, 7) is 7.72. The molecule has 0 bridgehead atoms. The molecule has 1 saturated carbocycles. The molecule has 0 aliphatic heterocycles. The molecule has 0 amide bonds. The van der Waals surface area contributed by atoms with Gasteiger partial charge in [0.15, 0.2) is 5.60 Å². The minimum absolute atomic E-state index is 0. The van der Waals surface area contributed by atoms with E-state index in [1.54, 1.807) is 6.92 Å². The Kier molecular flexibility index (Phi) is 9.15. The van der Waals surface area contributed by atoms with E-state index in [0.29, 0.717) is 12.0 Å². The van der Waals surface area contributed by atoms with Crippen LogP contribution in [0.4, 0.5) is 5.69 Å². The fraction of sp³-hybridized carbons (Fsp3) is 0.591. The number of carboxylic acids is 1. The van der Waals surface area contributed by atoms with Crippen molar-refractivity contribution in [1.29, 1.82) is 0 Å². The molecule has 0 radical (unpaired) electrons. The number of rotatable bonds is 7. The van der Waals surface area contributed by atoms with Crippen molar-refractivity contribution in [3.05, 3.63) is 29.3 Å². The highest BCUT2D eigenvalue weighted by Gasteiger charge is 2.47. The third-order valence-corrected chi connectivity index (χ3v) is 5.61. The molecule has 4 nitrogen and oxygen atoms in total. The van der Waals surface area contributed by atoms with Gasteiger partial charge in [-0.3, -0.25) is 0 Å². The number of aliphatic hydroxyl groups is 1. The molecule has 1 unspecified atom stereocenters. The zero-order valence-electron chi connectivity index (χ0n) is 16.6. The average Bonchev–Trinajstić information content (AvgIpc) is 2.67. The molecule has 5 heteroatoms. The number of nitrogens with zero attached hydrogens (tertiary/aromatic N) is 1. The van der Waals surface area contributed by atoms with Gasteiger partial charge in [0.1, 0.15) is 0 Å². The Morgan fingerprint density at radius 1 is 1.22 bits per heavy atom. The second-order valence-corrected chi connectivity index (χ2v) is 7.02. The number of aliphatic carboxylic acids is 1. The highest BCUT2D eigenvalue weighted by atomic mass is 35.5. The first-order chi connectivity index (χ1) is 12.5. The van der Waals surface area contributed by atoms with Crippen molar-refractivity contribution in [1.82, 2.24) is 0 Å². The smallest absolute Gasteiger partial charge is 0.340 e. The molecule has 0 aromatic heterocycles. The van der Waals surface area contributed by atoms with Crippen molar-refractivity contribution in [2.24, 2.45) is 5.92 Å². The van der Waals surface area contributed by atoms with E-state index in [0.717, 1.165) is 56.4 Å². The van der Waals surface area contributed by atoms with Crippen molar-refractivity contribution in [2.45, 2.75) is 64.9 Å². The van der Waals surface area contributed by atoms with Crippen LogP contribution in [0, 0.1) is 17.8 Å². The fourth-order valence-corrected chi connectivity index (χ4v) is 4.10. The standard InChI is InChI=1S/C22H31NO3.ClH/c1-4-7-11-17-16-19(23(5-2)6-3)14-15-20(17)22(26,21(24)25)18-12-9-8-10-13-18;/h14-16,18,26H,5-6,8-13H2,1-3H3,(H,24,25);1H. The van der Waals surface area contributed by atoms with Gasteiger partial charge in [-0.1, -0.05) is 31.2 Å². The Labute approximate surface area is 169 Å². The van der Waals surface area contributed by atoms with Crippen LogP contribution in [0.2, 0.25) is 0 Å². The summed E-state index contributed by atoms with van der Waals surface area (Å²) in [4.78, 5) is 14.4. The maximum atomic E-state index is 12.2. The van der Waals surface area contributed by atoms with Gasteiger partial charge in [-0.15, -0.1) is 18.3 Å². The second kappa shape index (κ2) is 10.6. The Morgan fingerprint density at radius 3 is 2.37 bits per heavy atom. The van der Waals surface area contributed by atoms with Gasteiger partial charge in [0, 0.05) is 31.1 Å². The lowest BCUT2D eigenvalue weighted by Crippen LogP contribution is -2.44. The van der Waals surface area contributed by atoms with E-state index in [1.165, 1.54) is 0 Å². The summed E-state index contributed by atoms with van der Waals surface area (Å²) in [7, 11) is 0. The number of halogens is 1. The zero-order valence-corrected chi connectivity index (χ0v) is 17.4. The summed E-state index contributed by atoms with van der Waals surface area (Å²) in [6, 6.07) is 5.74. The van der Waals surface area contributed by atoms with Crippen LogP contribution < -0.4 is 4.90 Å².